The van der Waals surface area contributed by atoms with E-state index in [9.17, 15) is 5.11 Å². The second-order valence-corrected chi connectivity index (χ2v) is 6.55. The zero-order valence-electron chi connectivity index (χ0n) is 16.9. The second kappa shape index (κ2) is 13.5. The van der Waals surface area contributed by atoms with E-state index in [1.807, 2.05) is 49.4 Å². The summed E-state index contributed by atoms with van der Waals surface area (Å²) in [4.78, 5) is 4.24. The Balaban J connectivity index is 0.00000420. The molecule has 0 aliphatic heterocycles. The van der Waals surface area contributed by atoms with Crippen molar-refractivity contribution in [3.8, 4) is 11.5 Å². The number of aliphatic hydroxyl groups is 1. The van der Waals surface area contributed by atoms with Gasteiger partial charge in [-0.25, -0.2) is 0 Å². The normalized spacial score (nSPS) is 12.0. The number of aliphatic hydroxyl groups excluding tert-OH is 1. The predicted molar refractivity (Wildman–Crippen MR) is 129 cm³/mol. The summed E-state index contributed by atoms with van der Waals surface area (Å²) in [5.41, 5.74) is 2.02. The van der Waals surface area contributed by atoms with Gasteiger partial charge in [-0.2, -0.15) is 0 Å². The lowest BCUT2D eigenvalue weighted by molar-refractivity contribution is 0.265. The first-order valence-electron chi connectivity index (χ1n) is 9.22. The molecular formula is C21H29ClIN3O3. The molecule has 0 saturated heterocycles. The molecule has 29 heavy (non-hydrogen) atoms. The van der Waals surface area contributed by atoms with Crippen LogP contribution in [0.2, 0.25) is 5.02 Å². The monoisotopic (exact) mass is 533 g/mol. The van der Waals surface area contributed by atoms with Crippen molar-refractivity contribution < 1.29 is 14.6 Å². The van der Waals surface area contributed by atoms with Crippen LogP contribution in [-0.4, -0.2) is 45.0 Å². The first kappa shape index (κ1) is 25.3. The molecule has 0 aliphatic carbocycles. The molecule has 2 aromatic rings. The first-order valence-corrected chi connectivity index (χ1v) is 9.60. The average molecular weight is 534 g/mol. The van der Waals surface area contributed by atoms with Crippen molar-refractivity contribution in [1.82, 2.24) is 10.6 Å². The fourth-order valence-electron chi connectivity index (χ4n) is 2.80. The van der Waals surface area contributed by atoms with Crippen LogP contribution >= 0.6 is 35.6 Å². The number of methoxy groups -OCH3 is 1. The van der Waals surface area contributed by atoms with Gasteiger partial charge in [0.05, 0.1) is 25.3 Å². The molecule has 0 radical (unpaired) electrons. The average Bonchev–Trinajstić information content (AvgIpc) is 2.73. The van der Waals surface area contributed by atoms with Gasteiger partial charge in [0.25, 0.3) is 0 Å². The van der Waals surface area contributed by atoms with Crippen LogP contribution < -0.4 is 20.1 Å². The largest absolute Gasteiger partial charge is 0.493 e. The van der Waals surface area contributed by atoms with Crippen LogP contribution in [0.1, 0.15) is 24.0 Å². The van der Waals surface area contributed by atoms with Crippen LogP contribution in [0.4, 0.5) is 0 Å². The van der Waals surface area contributed by atoms with Crippen molar-refractivity contribution >= 4 is 41.5 Å². The van der Waals surface area contributed by atoms with Crippen LogP contribution in [0.25, 0.3) is 0 Å². The van der Waals surface area contributed by atoms with Crippen molar-refractivity contribution in [1.29, 1.82) is 0 Å². The van der Waals surface area contributed by atoms with Gasteiger partial charge in [-0.3, -0.25) is 4.99 Å². The standard InChI is InChI=1S/C21H28ClN3O3.HI/c1-4-28-20-18(22)10-15(11-19(20)27-3)12-24-21(23-2)25-13-17(14-26)16-8-6-5-7-9-16;/h5-11,17,26H,4,12-14H2,1-3H3,(H2,23,24,25);1H. The number of aliphatic imine (C=N–C) groups is 1. The topological polar surface area (TPSA) is 75.1 Å². The molecule has 160 valence electrons. The van der Waals surface area contributed by atoms with Gasteiger partial charge in [-0.1, -0.05) is 41.9 Å². The summed E-state index contributed by atoms with van der Waals surface area (Å²) in [6.45, 7) is 3.54. The number of guanidine groups is 1. The first-order chi connectivity index (χ1) is 13.6. The summed E-state index contributed by atoms with van der Waals surface area (Å²) in [5, 5.41) is 16.7. The van der Waals surface area contributed by atoms with E-state index in [2.05, 4.69) is 15.6 Å². The SMILES string of the molecule is CCOc1c(Cl)cc(CNC(=NC)NCC(CO)c2ccccc2)cc1OC.I. The highest BCUT2D eigenvalue weighted by Crippen LogP contribution is 2.36. The molecule has 1 unspecified atom stereocenters. The minimum absolute atomic E-state index is 0. The zero-order chi connectivity index (χ0) is 20.4. The molecular weight excluding hydrogens is 505 g/mol. The minimum atomic E-state index is -0.0141. The smallest absolute Gasteiger partial charge is 0.191 e. The Morgan fingerprint density at radius 3 is 2.52 bits per heavy atom. The lowest BCUT2D eigenvalue weighted by atomic mass is 10.0. The zero-order valence-corrected chi connectivity index (χ0v) is 20.0. The summed E-state index contributed by atoms with van der Waals surface area (Å²) >= 11 is 6.32. The molecule has 2 aromatic carbocycles. The fourth-order valence-corrected chi connectivity index (χ4v) is 3.09. The summed E-state index contributed by atoms with van der Waals surface area (Å²) in [5.74, 6) is 1.77. The molecule has 0 aromatic heterocycles. The van der Waals surface area contributed by atoms with E-state index >= 15 is 0 Å². The lowest BCUT2D eigenvalue weighted by Gasteiger charge is -2.18. The summed E-state index contributed by atoms with van der Waals surface area (Å²) < 4.78 is 10.9. The number of hydrogen-bond acceptors (Lipinski definition) is 4. The van der Waals surface area contributed by atoms with E-state index < -0.39 is 0 Å². The number of nitrogens with zero attached hydrogens (tertiary/aromatic N) is 1. The van der Waals surface area contributed by atoms with Crippen LogP contribution in [-0.2, 0) is 6.54 Å². The molecule has 0 aliphatic rings. The van der Waals surface area contributed by atoms with Gasteiger partial charge in [-0.05, 0) is 30.2 Å². The molecule has 2 rings (SSSR count). The Labute approximate surface area is 194 Å². The number of rotatable bonds is 9. The summed E-state index contributed by atoms with van der Waals surface area (Å²) in [6.07, 6.45) is 0. The van der Waals surface area contributed by atoms with Gasteiger partial charge in [-0.15, -0.1) is 24.0 Å². The number of benzene rings is 2. The highest BCUT2D eigenvalue weighted by atomic mass is 127. The molecule has 8 heteroatoms. The quantitative estimate of drug-likeness (QED) is 0.260. The number of hydrogen-bond donors (Lipinski definition) is 3. The molecule has 0 heterocycles. The van der Waals surface area contributed by atoms with E-state index in [4.69, 9.17) is 21.1 Å². The van der Waals surface area contributed by atoms with Gasteiger partial charge in [0.2, 0.25) is 0 Å². The predicted octanol–water partition coefficient (Wildman–Crippen LogP) is 3.81. The van der Waals surface area contributed by atoms with Crippen LogP contribution in [0.15, 0.2) is 47.5 Å². The second-order valence-electron chi connectivity index (χ2n) is 6.14. The third kappa shape index (κ3) is 7.56. The highest BCUT2D eigenvalue weighted by Gasteiger charge is 2.13. The van der Waals surface area contributed by atoms with Crippen LogP contribution in [0.3, 0.4) is 0 Å². The molecule has 0 bridgehead atoms. The highest BCUT2D eigenvalue weighted by molar-refractivity contribution is 14.0. The molecule has 6 nitrogen and oxygen atoms in total. The molecule has 0 saturated carbocycles. The minimum Gasteiger partial charge on any atom is -0.493 e. The maximum absolute atomic E-state index is 9.69. The van der Waals surface area contributed by atoms with E-state index in [1.54, 1.807) is 14.2 Å². The Kier molecular flexibility index (Phi) is 11.8. The Hall–Kier alpha value is -1.71. The number of nitrogens with one attached hydrogen (secondary N) is 2. The Bertz CT molecular complexity index is 775. The third-order valence-electron chi connectivity index (χ3n) is 4.27. The molecule has 3 N–H and O–H groups in total. The number of ether oxygens (including phenoxy) is 2. The van der Waals surface area contributed by atoms with Crippen LogP contribution in [0.5, 0.6) is 11.5 Å². The van der Waals surface area contributed by atoms with Gasteiger partial charge in [0, 0.05) is 26.1 Å². The van der Waals surface area contributed by atoms with Crippen molar-refractivity contribution in [3.63, 3.8) is 0 Å². The molecule has 0 fully saturated rings. The fraction of sp³-hybridized carbons (Fsp3) is 0.381. The molecule has 1 atom stereocenters. The lowest BCUT2D eigenvalue weighted by Crippen LogP contribution is -2.39. The van der Waals surface area contributed by atoms with Gasteiger partial charge >= 0.3 is 0 Å². The number of halogens is 2. The molecule has 0 spiro atoms. The van der Waals surface area contributed by atoms with E-state index in [-0.39, 0.29) is 36.5 Å². The van der Waals surface area contributed by atoms with E-state index in [0.717, 1.165) is 11.1 Å². The molecule has 0 amide bonds. The third-order valence-corrected chi connectivity index (χ3v) is 4.55. The maximum Gasteiger partial charge on any atom is 0.191 e. The van der Waals surface area contributed by atoms with Crippen LogP contribution in [0, 0.1) is 0 Å². The van der Waals surface area contributed by atoms with Gasteiger partial charge < -0.3 is 25.2 Å². The van der Waals surface area contributed by atoms with Gasteiger partial charge in [0.15, 0.2) is 17.5 Å². The Morgan fingerprint density at radius 1 is 1.21 bits per heavy atom. The maximum atomic E-state index is 9.69. The van der Waals surface area contributed by atoms with Crippen molar-refractivity contribution in [2.75, 3.05) is 33.9 Å². The van der Waals surface area contributed by atoms with Gasteiger partial charge in [0.1, 0.15) is 0 Å². The summed E-state index contributed by atoms with van der Waals surface area (Å²) in [6, 6.07) is 13.6. The van der Waals surface area contributed by atoms with E-state index in [0.29, 0.717) is 42.2 Å². The Morgan fingerprint density at radius 2 is 1.93 bits per heavy atom. The van der Waals surface area contributed by atoms with E-state index in [1.165, 1.54) is 0 Å². The van der Waals surface area contributed by atoms with Crippen molar-refractivity contribution in [2.45, 2.75) is 19.4 Å². The summed E-state index contributed by atoms with van der Waals surface area (Å²) in [7, 11) is 3.29. The van der Waals surface area contributed by atoms with Crippen molar-refractivity contribution in [3.05, 3.63) is 58.6 Å². The van der Waals surface area contributed by atoms with Crippen molar-refractivity contribution in [2.24, 2.45) is 4.99 Å².